The maximum Gasteiger partial charge on any atom is 0.323 e. The van der Waals surface area contributed by atoms with Gasteiger partial charge in [-0.05, 0) is 37.1 Å². The fourth-order valence-corrected chi connectivity index (χ4v) is 4.91. The van der Waals surface area contributed by atoms with Crippen molar-refractivity contribution in [2.75, 3.05) is 17.6 Å². The zero-order chi connectivity index (χ0) is 20.9. The molecule has 1 aliphatic rings. The molecule has 0 radical (unpaired) electrons. The predicted molar refractivity (Wildman–Crippen MR) is 124 cm³/mol. The van der Waals surface area contributed by atoms with Crippen molar-refractivity contribution in [3.63, 3.8) is 0 Å². The number of carbonyl (C=O) groups excluding carboxylic acids is 1. The smallest absolute Gasteiger partial charge is 0.323 e. The first-order valence-corrected chi connectivity index (χ1v) is 11.2. The number of rotatable bonds is 5. The number of anilines is 1. The Morgan fingerprint density at radius 3 is 2.63 bits per heavy atom. The van der Waals surface area contributed by atoms with Crippen molar-refractivity contribution in [2.45, 2.75) is 25.8 Å². The van der Waals surface area contributed by atoms with Crippen LogP contribution in [0.4, 0.5) is 10.5 Å². The number of amides is 2. The van der Waals surface area contributed by atoms with E-state index in [9.17, 15) is 4.79 Å². The van der Waals surface area contributed by atoms with Crippen molar-refractivity contribution in [1.82, 2.24) is 4.90 Å². The van der Waals surface area contributed by atoms with Crippen LogP contribution in [0, 0.1) is 13.8 Å². The second-order valence-electron chi connectivity index (χ2n) is 7.48. The first-order valence-electron chi connectivity index (χ1n) is 10.1. The minimum atomic E-state index is -0.0742. The number of benzene rings is 3. The molecular formula is C25H26N2O2S. The highest BCUT2D eigenvalue weighted by Gasteiger charge is 2.32. The third-order valence-electron chi connectivity index (χ3n) is 5.20. The Balaban J connectivity index is 1.51. The molecule has 0 aliphatic carbocycles. The predicted octanol–water partition coefficient (Wildman–Crippen LogP) is 6.16. The molecule has 3 aromatic carbocycles. The molecule has 3 aromatic rings. The van der Waals surface area contributed by atoms with Gasteiger partial charge < -0.3 is 15.0 Å². The average Bonchev–Trinajstić information content (AvgIpc) is 3.25. The minimum absolute atomic E-state index is 0.0669. The van der Waals surface area contributed by atoms with Crippen LogP contribution in [0.5, 0.6) is 5.75 Å². The number of para-hydroxylation sites is 1. The number of carbonyl (C=O) groups is 1. The van der Waals surface area contributed by atoms with Gasteiger partial charge in [0.15, 0.2) is 0 Å². The Morgan fingerprint density at radius 2 is 1.83 bits per heavy atom. The molecule has 2 amide bonds. The first-order chi connectivity index (χ1) is 14.6. The zero-order valence-corrected chi connectivity index (χ0v) is 18.1. The fraction of sp³-hybridized carbons (Fsp3) is 0.240. The Labute approximate surface area is 182 Å². The second-order valence-corrected chi connectivity index (χ2v) is 8.67. The summed E-state index contributed by atoms with van der Waals surface area (Å²) in [6.07, 6.45) is 0. The van der Waals surface area contributed by atoms with E-state index in [0.29, 0.717) is 13.2 Å². The summed E-state index contributed by atoms with van der Waals surface area (Å²) < 4.78 is 6.14. The lowest BCUT2D eigenvalue weighted by Crippen LogP contribution is -2.34. The highest BCUT2D eigenvalue weighted by molar-refractivity contribution is 7.99. The van der Waals surface area contributed by atoms with E-state index >= 15 is 0 Å². The topological polar surface area (TPSA) is 41.6 Å². The Bertz CT molecular complexity index is 1020. The Kier molecular flexibility index (Phi) is 6.29. The molecule has 0 aromatic heterocycles. The summed E-state index contributed by atoms with van der Waals surface area (Å²) in [6, 6.07) is 24.1. The minimum Gasteiger partial charge on any atom is -0.489 e. The van der Waals surface area contributed by atoms with Gasteiger partial charge in [-0.25, -0.2) is 4.79 Å². The summed E-state index contributed by atoms with van der Waals surface area (Å²) in [4.78, 5) is 15.0. The van der Waals surface area contributed by atoms with Crippen molar-refractivity contribution >= 4 is 23.5 Å². The molecule has 4 rings (SSSR count). The lowest BCUT2D eigenvalue weighted by Gasteiger charge is -2.26. The highest BCUT2D eigenvalue weighted by Crippen LogP contribution is 2.42. The summed E-state index contributed by atoms with van der Waals surface area (Å²) in [5.74, 6) is 1.72. The summed E-state index contributed by atoms with van der Waals surface area (Å²) >= 11 is 1.77. The van der Waals surface area contributed by atoms with Gasteiger partial charge in [-0.1, -0.05) is 66.2 Å². The van der Waals surface area contributed by atoms with E-state index in [-0.39, 0.29) is 11.4 Å². The summed E-state index contributed by atoms with van der Waals surface area (Å²) in [6.45, 7) is 5.28. The maximum atomic E-state index is 13.1. The van der Waals surface area contributed by atoms with Gasteiger partial charge in [0.05, 0.1) is 0 Å². The SMILES string of the molecule is Cc1ccc(NC(=O)N2CCSC2c2ccccc2OCc2ccccc2)c(C)c1. The number of thioether (sulfide) groups is 1. The van der Waals surface area contributed by atoms with Gasteiger partial charge >= 0.3 is 6.03 Å². The lowest BCUT2D eigenvalue weighted by molar-refractivity contribution is 0.213. The third-order valence-corrected chi connectivity index (χ3v) is 6.44. The van der Waals surface area contributed by atoms with Gasteiger partial charge in [-0.2, -0.15) is 0 Å². The average molecular weight is 419 g/mol. The normalized spacial score (nSPS) is 15.8. The zero-order valence-electron chi connectivity index (χ0n) is 17.3. The summed E-state index contributed by atoms with van der Waals surface area (Å²) in [5, 5.41) is 3.02. The second kappa shape index (κ2) is 9.26. The van der Waals surface area contributed by atoms with Crippen molar-refractivity contribution in [3.05, 3.63) is 95.1 Å². The van der Waals surface area contributed by atoms with Crippen molar-refractivity contribution in [1.29, 1.82) is 0 Å². The van der Waals surface area contributed by atoms with Gasteiger partial charge in [0, 0.05) is 23.5 Å². The molecule has 154 valence electrons. The molecule has 4 nitrogen and oxygen atoms in total. The van der Waals surface area contributed by atoms with E-state index in [1.165, 1.54) is 5.56 Å². The van der Waals surface area contributed by atoms with Crippen LogP contribution in [0.2, 0.25) is 0 Å². The van der Waals surface area contributed by atoms with Crippen molar-refractivity contribution in [3.8, 4) is 5.75 Å². The molecule has 1 fully saturated rings. The molecule has 30 heavy (non-hydrogen) atoms. The molecule has 1 heterocycles. The van der Waals surface area contributed by atoms with Crippen LogP contribution in [0.25, 0.3) is 0 Å². The monoisotopic (exact) mass is 418 g/mol. The number of nitrogens with one attached hydrogen (secondary N) is 1. The van der Waals surface area contributed by atoms with E-state index in [0.717, 1.165) is 33.9 Å². The van der Waals surface area contributed by atoms with Crippen LogP contribution in [0.15, 0.2) is 72.8 Å². The van der Waals surface area contributed by atoms with Gasteiger partial charge in [-0.15, -0.1) is 11.8 Å². The number of aryl methyl sites for hydroxylation is 2. The Morgan fingerprint density at radius 1 is 1.07 bits per heavy atom. The number of ether oxygens (including phenoxy) is 1. The molecule has 1 unspecified atom stereocenters. The van der Waals surface area contributed by atoms with Crippen molar-refractivity contribution in [2.24, 2.45) is 0 Å². The van der Waals surface area contributed by atoms with Crippen LogP contribution in [0.3, 0.4) is 0 Å². The van der Waals surface area contributed by atoms with E-state index in [1.807, 2.05) is 60.4 Å². The van der Waals surface area contributed by atoms with E-state index in [4.69, 9.17) is 4.74 Å². The molecule has 0 spiro atoms. The first kappa shape index (κ1) is 20.4. The van der Waals surface area contributed by atoms with Crippen LogP contribution in [-0.4, -0.2) is 23.2 Å². The number of nitrogens with zero attached hydrogens (tertiary/aromatic N) is 1. The van der Waals surface area contributed by atoms with E-state index in [1.54, 1.807) is 11.8 Å². The Hall–Kier alpha value is -2.92. The molecule has 1 N–H and O–H groups in total. The summed E-state index contributed by atoms with van der Waals surface area (Å²) in [7, 11) is 0. The number of hydrogen-bond acceptors (Lipinski definition) is 3. The van der Waals surface area contributed by atoms with Crippen LogP contribution < -0.4 is 10.1 Å². The molecule has 1 atom stereocenters. The standard InChI is InChI=1S/C25H26N2O2S/c1-18-12-13-22(19(2)16-18)26-25(28)27-14-15-30-24(27)21-10-6-7-11-23(21)29-17-20-8-4-3-5-9-20/h3-13,16,24H,14-15,17H2,1-2H3,(H,26,28). The van der Waals surface area contributed by atoms with Gasteiger partial charge in [0.2, 0.25) is 0 Å². The van der Waals surface area contributed by atoms with E-state index < -0.39 is 0 Å². The van der Waals surface area contributed by atoms with Crippen molar-refractivity contribution < 1.29 is 9.53 Å². The maximum absolute atomic E-state index is 13.1. The number of urea groups is 1. The van der Waals surface area contributed by atoms with E-state index in [2.05, 4.69) is 36.5 Å². The molecule has 0 bridgehead atoms. The fourth-order valence-electron chi connectivity index (χ4n) is 3.63. The quantitative estimate of drug-likeness (QED) is 0.539. The van der Waals surface area contributed by atoms with Crippen LogP contribution in [-0.2, 0) is 6.61 Å². The van der Waals surface area contributed by atoms with Gasteiger partial charge in [0.25, 0.3) is 0 Å². The highest BCUT2D eigenvalue weighted by atomic mass is 32.2. The molecule has 1 saturated heterocycles. The molecular weight excluding hydrogens is 392 g/mol. The van der Waals surface area contributed by atoms with Crippen LogP contribution >= 0.6 is 11.8 Å². The molecule has 0 saturated carbocycles. The van der Waals surface area contributed by atoms with Crippen LogP contribution in [0.1, 0.15) is 27.6 Å². The van der Waals surface area contributed by atoms with Gasteiger partial charge in [0.1, 0.15) is 17.7 Å². The molecule has 1 aliphatic heterocycles. The lowest BCUT2D eigenvalue weighted by atomic mass is 10.1. The van der Waals surface area contributed by atoms with Gasteiger partial charge in [-0.3, -0.25) is 0 Å². The number of hydrogen-bond donors (Lipinski definition) is 1. The largest absolute Gasteiger partial charge is 0.489 e. The summed E-state index contributed by atoms with van der Waals surface area (Å²) in [5.41, 5.74) is 5.26. The third kappa shape index (κ3) is 4.62. The molecule has 5 heteroatoms.